The lowest BCUT2D eigenvalue weighted by Gasteiger charge is -2.18. The van der Waals surface area contributed by atoms with E-state index in [4.69, 9.17) is 9.47 Å². The third kappa shape index (κ3) is 4.65. The lowest BCUT2D eigenvalue weighted by atomic mass is 10.0. The number of hydrogen-bond donors (Lipinski definition) is 1. The first-order valence-corrected chi connectivity index (χ1v) is 6.72. The minimum absolute atomic E-state index is 0.0585. The summed E-state index contributed by atoms with van der Waals surface area (Å²) in [6, 6.07) is 10.3. The van der Waals surface area contributed by atoms with Crippen LogP contribution in [0, 0.1) is 5.92 Å². The first kappa shape index (κ1) is 14.0. The van der Waals surface area contributed by atoms with E-state index in [0.717, 1.165) is 0 Å². The van der Waals surface area contributed by atoms with E-state index in [-0.39, 0.29) is 18.6 Å². The highest BCUT2D eigenvalue weighted by molar-refractivity contribution is 5.77. The number of hydrogen-bond acceptors (Lipinski definition) is 3. The number of rotatable bonds is 8. The average Bonchev–Trinajstić information content (AvgIpc) is 3.26. The lowest BCUT2D eigenvalue weighted by Crippen LogP contribution is -2.33. The van der Waals surface area contributed by atoms with Crippen LogP contribution in [0.2, 0.25) is 0 Å². The molecular formula is C15H21NO3. The number of ether oxygens (including phenoxy) is 2. The fraction of sp³-hybridized carbons (Fsp3) is 0.533. The van der Waals surface area contributed by atoms with Gasteiger partial charge in [0.25, 0.3) is 0 Å². The molecule has 4 heteroatoms. The van der Waals surface area contributed by atoms with Crippen LogP contribution in [0.4, 0.5) is 0 Å². The monoisotopic (exact) mass is 263 g/mol. The van der Waals surface area contributed by atoms with Gasteiger partial charge in [-0.05, 0) is 24.3 Å². The predicted molar refractivity (Wildman–Crippen MR) is 72.7 cm³/mol. The number of nitrogens with one attached hydrogen (secondary N) is 1. The predicted octanol–water partition coefficient (Wildman–Crippen LogP) is 1.92. The molecule has 1 atom stereocenters. The summed E-state index contributed by atoms with van der Waals surface area (Å²) in [5.41, 5.74) is 1.18. The van der Waals surface area contributed by atoms with E-state index in [0.29, 0.717) is 19.1 Å². The van der Waals surface area contributed by atoms with E-state index < -0.39 is 0 Å². The molecule has 1 unspecified atom stereocenters. The van der Waals surface area contributed by atoms with Crippen molar-refractivity contribution in [3.8, 4) is 0 Å². The molecule has 0 saturated heterocycles. The van der Waals surface area contributed by atoms with Gasteiger partial charge in [-0.3, -0.25) is 4.79 Å². The van der Waals surface area contributed by atoms with E-state index in [1.165, 1.54) is 18.4 Å². The Hall–Kier alpha value is -1.39. The Labute approximate surface area is 114 Å². The summed E-state index contributed by atoms with van der Waals surface area (Å²) >= 11 is 0. The highest BCUT2D eigenvalue weighted by Crippen LogP contribution is 2.40. The second-order valence-electron chi connectivity index (χ2n) is 4.84. The molecule has 1 N–H and O–H groups in total. The second-order valence-corrected chi connectivity index (χ2v) is 4.84. The third-order valence-electron chi connectivity index (χ3n) is 3.23. The molecule has 1 aromatic rings. The van der Waals surface area contributed by atoms with Crippen molar-refractivity contribution in [1.29, 1.82) is 0 Å². The highest BCUT2D eigenvalue weighted by Gasteiger charge is 2.33. The molecule has 0 heterocycles. The van der Waals surface area contributed by atoms with Gasteiger partial charge in [-0.25, -0.2) is 0 Å². The van der Waals surface area contributed by atoms with Crippen LogP contribution in [0.5, 0.6) is 0 Å². The fourth-order valence-electron chi connectivity index (χ4n) is 2.09. The zero-order valence-corrected chi connectivity index (χ0v) is 11.3. The van der Waals surface area contributed by atoms with Gasteiger partial charge < -0.3 is 14.8 Å². The Morgan fingerprint density at radius 3 is 2.68 bits per heavy atom. The molecule has 0 bridgehead atoms. The molecule has 19 heavy (non-hydrogen) atoms. The van der Waals surface area contributed by atoms with Crippen molar-refractivity contribution < 1.29 is 14.3 Å². The summed E-state index contributed by atoms with van der Waals surface area (Å²) < 4.78 is 10.1. The molecule has 1 aromatic carbocycles. The van der Waals surface area contributed by atoms with Gasteiger partial charge in [-0.15, -0.1) is 0 Å². The zero-order chi connectivity index (χ0) is 13.5. The Morgan fingerprint density at radius 1 is 1.32 bits per heavy atom. The first-order chi connectivity index (χ1) is 9.31. The molecule has 1 amide bonds. The summed E-state index contributed by atoms with van der Waals surface area (Å²) in [6.07, 6.45) is 2.37. The van der Waals surface area contributed by atoms with Crippen LogP contribution in [0.25, 0.3) is 0 Å². The average molecular weight is 263 g/mol. The smallest absolute Gasteiger partial charge is 0.246 e. The highest BCUT2D eigenvalue weighted by atomic mass is 16.5. The Morgan fingerprint density at radius 2 is 2.05 bits per heavy atom. The third-order valence-corrected chi connectivity index (χ3v) is 3.23. The van der Waals surface area contributed by atoms with Crippen molar-refractivity contribution in [2.24, 2.45) is 5.92 Å². The number of benzene rings is 1. The SMILES string of the molecule is COCCOCC(=O)NC(c1ccccc1)C1CC1. The van der Waals surface area contributed by atoms with Crippen molar-refractivity contribution in [3.63, 3.8) is 0 Å². The molecular weight excluding hydrogens is 242 g/mol. The van der Waals surface area contributed by atoms with Gasteiger partial charge in [0.05, 0.1) is 19.3 Å². The van der Waals surface area contributed by atoms with Crippen molar-refractivity contribution >= 4 is 5.91 Å². The minimum Gasteiger partial charge on any atom is -0.382 e. The van der Waals surface area contributed by atoms with Crippen molar-refractivity contribution in [1.82, 2.24) is 5.32 Å². The normalized spacial score (nSPS) is 16.1. The van der Waals surface area contributed by atoms with Gasteiger partial charge in [0, 0.05) is 7.11 Å². The maximum Gasteiger partial charge on any atom is 0.246 e. The second kappa shape index (κ2) is 7.26. The summed E-state index contributed by atoms with van der Waals surface area (Å²) in [7, 11) is 1.61. The fourth-order valence-corrected chi connectivity index (χ4v) is 2.09. The van der Waals surface area contributed by atoms with Crippen LogP contribution in [0.1, 0.15) is 24.4 Å². The molecule has 0 aliphatic heterocycles. The molecule has 0 radical (unpaired) electrons. The minimum atomic E-state index is -0.0585. The van der Waals surface area contributed by atoms with Crippen LogP contribution in [0.15, 0.2) is 30.3 Å². The van der Waals surface area contributed by atoms with E-state index in [1.807, 2.05) is 18.2 Å². The maximum absolute atomic E-state index is 11.8. The van der Waals surface area contributed by atoms with Gasteiger partial charge in [0.2, 0.25) is 5.91 Å². The van der Waals surface area contributed by atoms with Crippen molar-refractivity contribution in [3.05, 3.63) is 35.9 Å². The van der Waals surface area contributed by atoms with Gasteiger partial charge in [0.15, 0.2) is 0 Å². The van der Waals surface area contributed by atoms with Crippen LogP contribution in [0.3, 0.4) is 0 Å². The van der Waals surface area contributed by atoms with Gasteiger partial charge in [-0.1, -0.05) is 30.3 Å². The summed E-state index contributed by atoms with van der Waals surface area (Å²) in [6.45, 7) is 1.06. The van der Waals surface area contributed by atoms with Crippen molar-refractivity contribution in [2.75, 3.05) is 26.9 Å². The summed E-state index contributed by atoms with van der Waals surface area (Å²) in [5.74, 6) is 0.516. The van der Waals surface area contributed by atoms with Crippen LogP contribution in [-0.4, -0.2) is 32.8 Å². The molecule has 0 spiro atoms. The molecule has 4 nitrogen and oxygen atoms in total. The Balaban J connectivity index is 1.82. The Kier molecular flexibility index (Phi) is 5.36. The van der Waals surface area contributed by atoms with E-state index in [2.05, 4.69) is 17.4 Å². The van der Waals surface area contributed by atoms with E-state index in [1.54, 1.807) is 7.11 Å². The molecule has 1 aliphatic carbocycles. The molecule has 2 rings (SSSR count). The molecule has 104 valence electrons. The van der Waals surface area contributed by atoms with Gasteiger partial charge in [-0.2, -0.15) is 0 Å². The zero-order valence-electron chi connectivity index (χ0n) is 11.3. The lowest BCUT2D eigenvalue weighted by molar-refractivity contribution is -0.127. The molecule has 1 aliphatic rings. The first-order valence-electron chi connectivity index (χ1n) is 6.72. The quantitative estimate of drug-likeness (QED) is 0.729. The Bertz CT molecular complexity index is 390. The largest absolute Gasteiger partial charge is 0.382 e. The van der Waals surface area contributed by atoms with E-state index >= 15 is 0 Å². The van der Waals surface area contributed by atoms with Crippen LogP contribution in [-0.2, 0) is 14.3 Å². The number of carbonyl (C=O) groups is 1. The summed E-state index contributed by atoms with van der Waals surface area (Å²) in [5, 5.41) is 3.07. The summed E-state index contributed by atoms with van der Waals surface area (Å²) in [4.78, 5) is 11.8. The standard InChI is InChI=1S/C15H21NO3/c1-18-9-10-19-11-14(17)16-15(13-7-8-13)12-5-3-2-4-6-12/h2-6,13,15H,7-11H2,1H3,(H,16,17). The molecule has 1 saturated carbocycles. The number of carbonyl (C=O) groups excluding carboxylic acids is 1. The number of amides is 1. The molecule has 1 fully saturated rings. The van der Waals surface area contributed by atoms with Gasteiger partial charge >= 0.3 is 0 Å². The topological polar surface area (TPSA) is 47.6 Å². The van der Waals surface area contributed by atoms with Crippen LogP contribution < -0.4 is 5.32 Å². The van der Waals surface area contributed by atoms with E-state index in [9.17, 15) is 4.79 Å². The van der Waals surface area contributed by atoms with Gasteiger partial charge in [0.1, 0.15) is 6.61 Å². The number of methoxy groups -OCH3 is 1. The maximum atomic E-state index is 11.8. The van der Waals surface area contributed by atoms with Crippen molar-refractivity contribution in [2.45, 2.75) is 18.9 Å². The van der Waals surface area contributed by atoms with Crippen LogP contribution >= 0.6 is 0 Å². The molecule has 0 aromatic heterocycles.